The quantitative estimate of drug-likeness (QED) is 0.697. The van der Waals surface area contributed by atoms with E-state index in [9.17, 15) is 13.2 Å². The fraction of sp³-hybridized carbons (Fsp3) is 0.500. The van der Waals surface area contributed by atoms with Crippen LogP contribution in [0.15, 0.2) is 17.2 Å². The third-order valence-electron chi connectivity index (χ3n) is 2.11. The smallest absolute Gasteiger partial charge is 0.352 e. The summed E-state index contributed by atoms with van der Waals surface area (Å²) >= 11 is 0. The lowest BCUT2D eigenvalue weighted by Crippen LogP contribution is -2.46. The molecule has 0 atom stereocenters. The van der Waals surface area contributed by atoms with Crippen molar-refractivity contribution in [2.45, 2.75) is 24.3 Å². The van der Waals surface area contributed by atoms with Crippen LogP contribution in [-0.2, 0) is 14.8 Å². The van der Waals surface area contributed by atoms with E-state index in [0.717, 1.165) is 12.3 Å². The number of carboxylic acid groups (broad SMARTS) is 1. The molecule has 1 aromatic heterocycles. The first kappa shape index (κ1) is 14.7. The molecule has 0 bridgehead atoms. The maximum atomic E-state index is 12.0. The Hall–Kier alpha value is -1.38. The zero-order chi connectivity index (χ0) is 14.0. The van der Waals surface area contributed by atoms with Crippen molar-refractivity contribution in [2.75, 3.05) is 13.7 Å². The van der Waals surface area contributed by atoms with E-state index in [4.69, 9.17) is 9.84 Å². The highest BCUT2D eigenvalue weighted by molar-refractivity contribution is 7.89. The minimum Gasteiger partial charge on any atom is -0.477 e. The van der Waals surface area contributed by atoms with E-state index in [0.29, 0.717) is 0 Å². The molecule has 0 radical (unpaired) electrons. The molecule has 1 aromatic rings. The summed E-state index contributed by atoms with van der Waals surface area (Å²) in [6, 6.07) is 1.06. The van der Waals surface area contributed by atoms with Gasteiger partial charge in [-0.25, -0.2) is 17.9 Å². The molecule has 0 unspecified atom stereocenters. The summed E-state index contributed by atoms with van der Waals surface area (Å²) in [5.41, 5.74) is -0.964. The Bertz CT molecular complexity index is 532. The Morgan fingerprint density at radius 1 is 1.56 bits per heavy atom. The zero-order valence-electron chi connectivity index (χ0n) is 10.4. The molecule has 0 aliphatic rings. The van der Waals surface area contributed by atoms with E-state index < -0.39 is 21.5 Å². The van der Waals surface area contributed by atoms with Crippen LogP contribution in [0.2, 0.25) is 0 Å². The predicted molar refractivity (Wildman–Crippen MR) is 64.0 cm³/mol. The van der Waals surface area contributed by atoms with Crippen molar-refractivity contribution >= 4 is 16.0 Å². The molecule has 0 fully saturated rings. The SMILES string of the molecule is COCC(C)(C)NS(=O)(=O)c1c[nH]c(C(=O)O)c1. The highest BCUT2D eigenvalue weighted by atomic mass is 32.2. The number of carboxylic acids is 1. The van der Waals surface area contributed by atoms with Gasteiger partial charge in [0.25, 0.3) is 0 Å². The molecule has 0 saturated heterocycles. The van der Waals surface area contributed by atoms with Gasteiger partial charge < -0.3 is 14.8 Å². The van der Waals surface area contributed by atoms with E-state index in [1.807, 2.05) is 0 Å². The van der Waals surface area contributed by atoms with Gasteiger partial charge in [-0.2, -0.15) is 0 Å². The van der Waals surface area contributed by atoms with Gasteiger partial charge in [-0.1, -0.05) is 0 Å². The van der Waals surface area contributed by atoms with Gasteiger partial charge in [-0.3, -0.25) is 0 Å². The van der Waals surface area contributed by atoms with Gasteiger partial charge in [0, 0.05) is 13.3 Å². The van der Waals surface area contributed by atoms with E-state index in [-0.39, 0.29) is 17.2 Å². The van der Waals surface area contributed by atoms with E-state index in [2.05, 4.69) is 9.71 Å². The molecule has 7 nitrogen and oxygen atoms in total. The van der Waals surface area contributed by atoms with Crippen molar-refractivity contribution in [3.8, 4) is 0 Å². The highest BCUT2D eigenvalue weighted by Crippen LogP contribution is 2.14. The lowest BCUT2D eigenvalue weighted by molar-refractivity contribution is 0.0691. The lowest BCUT2D eigenvalue weighted by Gasteiger charge is -2.24. The first-order valence-electron chi connectivity index (χ1n) is 5.12. The second-order valence-corrected chi connectivity index (χ2v) is 6.16. The summed E-state index contributed by atoms with van der Waals surface area (Å²) in [5.74, 6) is -1.22. The van der Waals surface area contributed by atoms with Crippen molar-refractivity contribution in [2.24, 2.45) is 0 Å². The van der Waals surface area contributed by atoms with Crippen molar-refractivity contribution in [3.63, 3.8) is 0 Å². The second kappa shape index (κ2) is 5.09. The maximum absolute atomic E-state index is 12.0. The molecule has 3 N–H and O–H groups in total. The zero-order valence-corrected chi connectivity index (χ0v) is 11.2. The number of hydrogen-bond acceptors (Lipinski definition) is 4. The minimum absolute atomic E-state index is 0.121. The number of ether oxygens (including phenoxy) is 1. The molecule has 0 aromatic carbocycles. The molecule has 8 heteroatoms. The third-order valence-corrected chi connectivity index (χ3v) is 3.79. The number of aromatic nitrogens is 1. The number of H-pyrrole nitrogens is 1. The van der Waals surface area contributed by atoms with Crippen LogP contribution in [0.3, 0.4) is 0 Å². The number of rotatable bonds is 6. The van der Waals surface area contributed by atoms with Crippen molar-refractivity contribution in [3.05, 3.63) is 18.0 Å². The average molecular weight is 276 g/mol. The fourth-order valence-electron chi connectivity index (χ4n) is 1.47. The second-order valence-electron chi connectivity index (χ2n) is 4.48. The normalized spacial score (nSPS) is 12.6. The molecule has 0 aliphatic carbocycles. The molecule has 1 heterocycles. The molecule has 0 aliphatic heterocycles. The van der Waals surface area contributed by atoms with Crippen LogP contribution in [0.5, 0.6) is 0 Å². The Balaban J connectivity index is 2.96. The van der Waals surface area contributed by atoms with Crippen LogP contribution in [-0.4, -0.2) is 43.7 Å². The Labute approximate surface area is 105 Å². The molecular formula is C10H16N2O5S. The number of carbonyl (C=O) groups is 1. The highest BCUT2D eigenvalue weighted by Gasteiger charge is 2.27. The summed E-state index contributed by atoms with van der Waals surface area (Å²) in [6.07, 6.45) is 1.13. The van der Waals surface area contributed by atoms with Gasteiger partial charge in [0.2, 0.25) is 10.0 Å². The number of aromatic amines is 1. The number of sulfonamides is 1. The van der Waals surface area contributed by atoms with Crippen molar-refractivity contribution in [1.82, 2.24) is 9.71 Å². The first-order valence-corrected chi connectivity index (χ1v) is 6.61. The maximum Gasteiger partial charge on any atom is 0.352 e. The lowest BCUT2D eigenvalue weighted by atomic mass is 10.1. The summed E-state index contributed by atoms with van der Waals surface area (Å²) < 4.78 is 31.3. The summed E-state index contributed by atoms with van der Waals surface area (Å²) in [5, 5.41) is 8.71. The van der Waals surface area contributed by atoms with Crippen LogP contribution in [0, 0.1) is 0 Å². The summed E-state index contributed by atoms with van der Waals surface area (Å²) in [7, 11) is -2.31. The van der Waals surface area contributed by atoms with Crippen LogP contribution >= 0.6 is 0 Å². The van der Waals surface area contributed by atoms with Crippen LogP contribution in [0.4, 0.5) is 0 Å². The molecule has 1 rings (SSSR count). The van der Waals surface area contributed by atoms with E-state index in [1.54, 1.807) is 13.8 Å². The van der Waals surface area contributed by atoms with Gasteiger partial charge >= 0.3 is 5.97 Å². The van der Waals surface area contributed by atoms with Crippen LogP contribution in [0.25, 0.3) is 0 Å². The Kier molecular flexibility index (Phi) is 4.15. The van der Waals surface area contributed by atoms with E-state index >= 15 is 0 Å². The van der Waals surface area contributed by atoms with Crippen LogP contribution in [0.1, 0.15) is 24.3 Å². The third kappa shape index (κ3) is 3.56. The van der Waals surface area contributed by atoms with Crippen molar-refractivity contribution < 1.29 is 23.1 Å². The Morgan fingerprint density at radius 2 is 2.17 bits per heavy atom. The topological polar surface area (TPSA) is 108 Å². The summed E-state index contributed by atoms with van der Waals surface area (Å²) in [6.45, 7) is 3.53. The molecule has 0 spiro atoms. The molecule has 18 heavy (non-hydrogen) atoms. The minimum atomic E-state index is -3.78. The monoisotopic (exact) mass is 276 g/mol. The standard InChI is InChI=1S/C10H16N2O5S/c1-10(2,6-17-3)12-18(15,16)7-4-8(9(13)14)11-5-7/h4-5,11-12H,6H2,1-3H3,(H,13,14). The largest absolute Gasteiger partial charge is 0.477 e. The van der Waals surface area contributed by atoms with Crippen molar-refractivity contribution in [1.29, 1.82) is 0 Å². The van der Waals surface area contributed by atoms with E-state index in [1.165, 1.54) is 7.11 Å². The van der Waals surface area contributed by atoms with Gasteiger partial charge in [-0.05, 0) is 19.9 Å². The average Bonchev–Trinajstić information content (AvgIpc) is 2.64. The van der Waals surface area contributed by atoms with Gasteiger partial charge in [0.05, 0.1) is 12.1 Å². The van der Waals surface area contributed by atoms with Gasteiger partial charge in [0.15, 0.2) is 0 Å². The molecule has 0 saturated carbocycles. The summed E-state index contributed by atoms with van der Waals surface area (Å²) in [4.78, 5) is 12.9. The number of aromatic carboxylic acids is 1. The number of methoxy groups -OCH3 is 1. The predicted octanol–water partition coefficient (Wildman–Crippen LogP) is 0.416. The first-order chi connectivity index (χ1) is 8.18. The number of hydrogen-bond donors (Lipinski definition) is 3. The molecule has 0 amide bonds. The molecular weight excluding hydrogens is 260 g/mol. The van der Waals surface area contributed by atoms with Gasteiger partial charge in [-0.15, -0.1) is 0 Å². The number of nitrogens with one attached hydrogen (secondary N) is 2. The molecule has 102 valence electrons. The van der Waals surface area contributed by atoms with Crippen LogP contribution < -0.4 is 4.72 Å². The Morgan fingerprint density at radius 3 is 2.61 bits per heavy atom. The fourth-order valence-corrected chi connectivity index (χ4v) is 2.86. The van der Waals surface area contributed by atoms with Gasteiger partial charge in [0.1, 0.15) is 10.6 Å².